The molecular formula is C16H19F3N2O2. The number of urea groups is 1. The average molecular weight is 328 g/mol. The Labute approximate surface area is 132 Å². The van der Waals surface area contributed by atoms with Crippen molar-refractivity contribution in [2.45, 2.75) is 50.9 Å². The Balaban J connectivity index is 1.50. The molecule has 4 nitrogen and oxygen atoms in total. The van der Waals surface area contributed by atoms with E-state index >= 15 is 0 Å². The van der Waals surface area contributed by atoms with Crippen LogP contribution in [0.2, 0.25) is 0 Å². The SMILES string of the molecule is O=C(NCc1cc(C(F)(F)F)ccc1O)NC1CC2(CCC2)C1. The van der Waals surface area contributed by atoms with Crippen molar-refractivity contribution in [3.8, 4) is 5.75 Å². The minimum absolute atomic E-state index is 0.0408. The molecule has 0 heterocycles. The monoisotopic (exact) mass is 328 g/mol. The van der Waals surface area contributed by atoms with E-state index in [1.807, 2.05) is 0 Å². The molecule has 23 heavy (non-hydrogen) atoms. The largest absolute Gasteiger partial charge is 0.508 e. The molecule has 0 radical (unpaired) electrons. The predicted octanol–water partition coefficient (Wildman–Crippen LogP) is 3.54. The third-order valence-corrected chi connectivity index (χ3v) is 4.95. The number of nitrogens with one attached hydrogen (secondary N) is 2. The van der Waals surface area contributed by atoms with Gasteiger partial charge in [0.25, 0.3) is 0 Å². The van der Waals surface area contributed by atoms with Crippen LogP contribution in [0.15, 0.2) is 18.2 Å². The van der Waals surface area contributed by atoms with Crippen LogP contribution in [0, 0.1) is 5.41 Å². The zero-order valence-corrected chi connectivity index (χ0v) is 12.5. The summed E-state index contributed by atoms with van der Waals surface area (Å²) in [5.41, 5.74) is -0.366. The van der Waals surface area contributed by atoms with Crippen LogP contribution in [-0.4, -0.2) is 17.2 Å². The predicted molar refractivity (Wildman–Crippen MR) is 77.8 cm³/mol. The van der Waals surface area contributed by atoms with E-state index in [-0.39, 0.29) is 23.9 Å². The summed E-state index contributed by atoms with van der Waals surface area (Å²) in [7, 11) is 0. The smallest absolute Gasteiger partial charge is 0.416 e. The Morgan fingerprint density at radius 1 is 1.30 bits per heavy atom. The third-order valence-electron chi connectivity index (χ3n) is 4.95. The number of carbonyl (C=O) groups is 1. The summed E-state index contributed by atoms with van der Waals surface area (Å²) in [5.74, 6) is -0.268. The summed E-state index contributed by atoms with van der Waals surface area (Å²) in [6, 6.07) is 2.38. The van der Waals surface area contributed by atoms with Crippen molar-refractivity contribution in [2.24, 2.45) is 5.41 Å². The van der Waals surface area contributed by atoms with E-state index in [1.54, 1.807) is 0 Å². The fourth-order valence-corrected chi connectivity index (χ4v) is 3.49. The Morgan fingerprint density at radius 3 is 2.57 bits per heavy atom. The zero-order valence-electron chi connectivity index (χ0n) is 12.5. The second-order valence-electron chi connectivity index (χ2n) is 6.63. The van der Waals surface area contributed by atoms with E-state index in [4.69, 9.17) is 0 Å². The molecule has 1 aromatic carbocycles. The van der Waals surface area contributed by atoms with Crippen LogP contribution < -0.4 is 10.6 Å². The quantitative estimate of drug-likeness (QED) is 0.795. The Hall–Kier alpha value is -1.92. The van der Waals surface area contributed by atoms with Crippen LogP contribution in [0.25, 0.3) is 0 Å². The second kappa shape index (κ2) is 5.62. The summed E-state index contributed by atoms with van der Waals surface area (Å²) in [5, 5.41) is 14.9. The number of hydrogen-bond donors (Lipinski definition) is 3. The number of phenolic OH excluding ortho intramolecular Hbond substituents is 1. The maximum Gasteiger partial charge on any atom is 0.416 e. The van der Waals surface area contributed by atoms with Crippen LogP contribution in [0.3, 0.4) is 0 Å². The van der Waals surface area contributed by atoms with E-state index in [0.717, 1.165) is 31.0 Å². The average Bonchev–Trinajstić information content (AvgIpc) is 2.38. The van der Waals surface area contributed by atoms with Crippen molar-refractivity contribution in [1.82, 2.24) is 10.6 Å². The van der Waals surface area contributed by atoms with Crippen molar-refractivity contribution >= 4 is 6.03 Å². The minimum atomic E-state index is -4.48. The summed E-state index contributed by atoms with van der Waals surface area (Å²) >= 11 is 0. The normalized spacial score (nSPS) is 19.8. The molecule has 0 aromatic heterocycles. The lowest BCUT2D eigenvalue weighted by atomic mass is 9.54. The first-order valence-electron chi connectivity index (χ1n) is 7.71. The third kappa shape index (κ3) is 3.38. The molecule has 0 saturated heterocycles. The second-order valence-corrected chi connectivity index (χ2v) is 6.63. The first-order chi connectivity index (χ1) is 10.8. The van der Waals surface area contributed by atoms with Gasteiger partial charge in [0.2, 0.25) is 0 Å². The van der Waals surface area contributed by atoms with Crippen molar-refractivity contribution < 1.29 is 23.1 Å². The van der Waals surface area contributed by atoms with E-state index in [0.29, 0.717) is 5.41 Å². The van der Waals surface area contributed by atoms with Gasteiger partial charge in [-0.25, -0.2) is 4.79 Å². The molecule has 2 saturated carbocycles. The number of phenols is 1. The van der Waals surface area contributed by atoms with Crippen molar-refractivity contribution in [1.29, 1.82) is 0 Å². The highest BCUT2D eigenvalue weighted by Crippen LogP contribution is 2.55. The molecule has 0 aliphatic heterocycles. The molecule has 0 unspecified atom stereocenters. The van der Waals surface area contributed by atoms with Gasteiger partial charge in [-0.2, -0.15) is 13.2 Å². The highest BCUT2D eigenvalue weighted by molar-refractivity contribution is 5.74. The highest BCUT2D eigenvalue weighted by Gasteiger charge is 2.48. The maximum absolute atomic E-state index is 12.7. The molecule has 1 aromatic rings. The van der Waals surface area contributed by atoms with Gasteiger partial charge in [-0.3, -0.25) is 0 Å². The van der Waals surface area contributed by atoms with Gasteiger partial charge >= 0.3 is 12.2 Å². The lowest BCUT2D eigenvalue weighted by molar-refractivity contribution is -0.137. The summed E-state index contributed by atoms with van der Waals surface area (Å²) < 4.78 is 38.0. The number of hydrogen-bond acceptors (Lipinski definition) is 2. The molecule has 2 aliphatic rings. The summed E-state index contributed by atoms with van der Waals surface area (Å²) in [6.07, 6.45) is 1.20. The number of alkyl halides is 3. The number of rotatable bonds is 3. The molecule has 2 fully saturated rings. The lowest BCUT2D eigenvalue weighted by Gasteiger charge is -2.54. The molecule has 2 aliphatic carbocycles. The number of amides is 2. The number of benzene rings is 1. The molecule has 2 amide bonds. The lowest BCUT2D eigenvalue weighted by Crippen LogP contribution is -2.55. The van der Waals surface area contributed by atoms with Crippen molar-refractivity contribution in [2.75, 3.05) is 0 Å². The minimum Gasteiger partial charge on any atom is -0.508 e. The zero-order chi connectivity index (χ0) is 16.7. The molecule has 126 valence electrons. The van der Waals surface area contributed by atoms with Crippen LogP contribution in [0.4, 0.5) is 18.0 Å². The van der Waals surface area contributed by atoms with E-state index in [2.05, 4.69) is 10.6 Å². The Morgan fingerprint density at radius 2 is 2.00 bits per heavy atom. The molecule has 0 bridgehead atoms. The van der Waals surface area contributed by atoms with E-state index in [1.165, 1.54) is 19.3 Å². The topological polar surface area (TPSA) is 61.4 Å². The van der Waals surface area contributed by atoms with Crippen LogP contribution in [-0.2, 0) is 12.7 Å². The molecule has 3 rings (SSSR count). The standard InChI is InChI=1S/C16H19F3N2O2/c17-16(18,19)11-2-3-13(22)10(6-11)9-20-14(23)21-12-7-15(8-12)4-1-5-15/h2-3,6,12,22H,1,4-5,7-9H2,(H2,20,21,23). The van der Waals surface area contributed by atoms with Crippen molar-refractivity contribution in [3.63, 3.8) is 0 Å². The Kier molecular flexibility index (Phi) is 3.90. The molecular weight excluding hydrogens is 309 g/mol. The van der Waals surface area contributed by atoms with Crippen molar-refractivity contribution in [3.05, 3.63) is 29.3 Å². The van der Waals surface area contributed by atoms with Gasteiger partial charge in [-0.15, -0.1) is 0 Å². The van der Waals surface area contributed by atoms with E-state index < -0.39 is 17.8 Å². The first kappa shape index (κ1) is 16.0. The molecule has 3 N–H and O–H groups in total. The fraction of sp³-hybridized carbons (Fsp3) is 0.562. The van der Waals surface area contributed by atoms with Gasteiger partial charge in [-0.05, 0) is 49.3 Å². The van der Waals surface area contributed by atoms with Gasteiger partial charge < -0.3 is 15.7 Å². The van der Waals surface area contributed by atoms with Gasteiger partial charge in [0.05, 0.1) is 5.56 Å². The number of halogens is 3. The van der Waals surface area contributed by atoms with Crippen LogP contribution >= 0.6 is 0 Å². The molecule has 0 atom stereocenters. The molecule has 1 spiro atoms. The fourth-order valence-electron chi connectivity index (χ4n) is 3.49. The van der Waals surface area contributed by atoms with E-state index in [9.17, 15) is 23.1 Å². The van der Waals surface area contributed by atoms with Crippen LogP contribution in [0.5, 0.6) is 5.75 Å². The highest BCUT2D eigenvalue weighted by atomic mass is 19.4. The van der Waals surface area contributed by atoms with Crippen LogP contribution in [0.1, 0.15) is 43.2 Å². The van der Waals surface area contributed by atoms with Gasteiger partial charge in [0.1, 0.15) is 5.75 Å². The number of carbonyl (C=O) groups excluding carboxylic acids is 1. The summed E-state index contributed by atoms with van der Waals surface area (Å²) in [6.45, 7) is -0.153. The Bertz CT molecular complexity index is 604. The molecule has 7 heteroatoms. The first-order valence-corrected chi connectivity index (χ1v) is 7.71. The number of aromatic hydroxyl groups is 1. The van der Waals surface area contributed by atoms with Gasteiger partial charge in [0.15, 0.2) is 0 Å². The van der Waals surface area contributed by atoms with Gasteiger partial charge in [-0.1, -0.05) is 6.42 Å². The maximum atomic E-state index is 12.7. The summed E-state index contributed by atoms with van der Waals surface area (Å²) in [4.78, 5) is 11.8. The van der Waals surface area contributed by atoms with Gasteiger partial charge in [0, 0.05) is 18.2 Å².